The lowest BCUT2D eigenvalue weighted by atomic mass is 10.4. The maximum absolute atomic E-state index is 11.1. The fourth-order valence-electron chi connectivity index (χ4n) is 0.925. The van der Waals surface area contributed by atoms with Crippen LogP contribution in [0, 0.1) is 0 Å². The van der Waals surface area contributed by atoms with E-state index in [2.05, 4.69) is 15.8 Å². The fraction of sp³-hybridized carbons (Fsp3) is 0.571. The summed E-state index contributed by atoms with van der Waals surface area (Å²) in [6.07, 6.45) is 1.27. The lowest BCUT2D eigenvalue weighted by molar-refractivity contribution is -0.131. The minimum absolute atomic E-state index is 0.0655. The van der Waals surface area contributed by atoms with Crippen molar-refractivity contribution in [3.8, 4) is 0 Å². The number of hydrazone groups is 1. The van der Waals surface area contributed by atoms with E-state index >= 15 is 0 Å². The molecule has 0 atom stereocenters. The first-order valence-corrected chi connectivity index (χ1v) is 4.17. The van der Waals surface area contributed by atoms with Crippen LogP contribution in [-0.4, -0.2) is 54.4 Å². The Balaban J connectivity index is 2.35. The van der Waals surface area contributed by atoms with E-state index in [1.54, 1.807) is 0 Å². The Morgan fingerprint density at radius 3 is 3.21 bits per heavy atom. The monoisotopic (exact) mass is 200 g/mol. The van der Waals surface area contributed by atoms with Crippen molar-refractivity contribution >= 4 is 18.2 Å². The van der Waals surface area contributed by atoms with Gasteiger partial charge in [-0.1, -0.05) is 0 Å². The highest BCUT2D eigenvalue weighted by molar-refractivity contribution is 5.94. The molecule has 1 aliphatic rings. The molecule has 2 amide bonds. The molecule has 1 aliphatic heterocycles. The summed E-state index contributed by atoms with van der Waals surface area (Å²) in [7, 11) is 0. The number of hydrogen-bond donors (Lipinski definition) is 3. The molecule has 0 aromatic heterocycles. The van der Waals surface area contributed by atoms with Crippen LogP contribution in [0.25, 0.3) is 0 Å². The Bertz CT molecular complexity index is 253. The average molecular weight is 200 g/mol. The van der Waals surface area contributed by atoms with E-state index in [4.69, 9.17) is 5.11 Å². The molecule has 0 aliphatic carbocycles. The quantitative estimate of drug-likeness (QED) is 0.466. The van der Waals surface area contributed by atoms with E-state index in [1.165, 1.54) is 11.2 Å². The summed E-state index contributed by atoms with van der Waals surface area (Å²) >= 11 is 0. The lowest BCUT2D eigenvalue weighted by Crippen LogP contribution is -2.46. The van der Waals surface area contributed by atoms with Gasteiger partial charge in [-0.3, -0.25) is 19.9 Å². The maximum Gasteiger partial charge on any atom is 0.249 e. The van der Waals surface area contributed by atoms with E-state index < -0.39 is 0 Å². The van der Waals surface area contributed by atoms with Crippen LogP contribution in [0.1, 0.15) is 0 Å². The second-order valence-electron chi connectivity index (χ2n) is 2.67. The van der Waals surface area contributed by atoms with Crippen molar-refractivity contribution < 1.29 is 14.7 Å². The zero-order valence-corrected chi connectivity index (χ0v) is 7.56. The first-order valence-electron chi connectivity index (χ1n) is 4.17. The van der Waals surface area contributed by atoms with E-state index in [0.29, 0.717) is 0 Å². The first-order chi connectivity index (χ1) is 6.74. The summed E-state index contributed by atoms with van der Waals surface area (Å²) in [4.78, 5) is 23.5. The van der Waals surface area contributed by atoms with Gasteiger partial charge in [-0.25, -0.2) is 0 Å². The molecular weight excluding hydrogens is 188 g/mol. The number of amides is 2. The van der Waals surface area contributed by atoms with Gasteiger partial charge in [0.25, 0.3) is 0 Å². The molecule has 0 aromatic rings. The smallest absolute Gasteiger partial charge is 0.249 e. The Kier molecular flexibility index (Phi) is 3.86. The van der Waals surface area contributed by atoms with E-state index in [0.717, 1.165) is 0 Å². The highest BCUT2D eigenvalue weighted by Crippen LogP contribution is 1.89. The van der Waals surface area contributed by atoms with Crippen molar-refractivity contribution in [3.63, 3.8) is 0 Å². The predicted octanol–water partition coefficient (Wildman–Crippen LogP) is -2.53. The molecule has 14 heavy (non-hydrogen) atoms. The van der Waals surface area contributed by atoms with Crippen molar-refractivity contribution in [2.24, 2.45) is 5.10 Å². The van der Waals surface area contributed by atoms with Crippen LogP contribution in [0.3, 0.4) is 0 Å². The van der Waals surface area contributed by atoms with Gasteiger partial charge in [-0.15, -0.1) is 0 Å². The van der Waals surface area contributed by atoms with Crippen LogP contribution in [-0.2, 0) is 9.59 Å². The molecule has 0 radical (unpaired) electrons. The third-order valence-corrected chi connectivity index (χ3v) is 1.59. The van der Waals surface area contributed by atoms with E-state index in [9.17, 15) is 9.59 Å². The third-order valence-electron chi connectivity index (χ3n) is 1.59. The average Bonchev–Trinajstić information content (AvgIpc) is 2.18. The number of hydrogen-bond acceptors (Lipinski definition) is 5. The predicted molar refractivity (Wildman–Crippen MR) is 48.3 cm³/mol. The lowest BCUT2D eigenvalue weighted by Gasteiger charge is -2.20. The van der Waals surface area contributed by atoms with E-state index in [1.807, 2.05) is 0 Å². The summed E-state index contributed by atoms with van der Waals surface area (Å²) in [6, 6.07) is 0. The van der Waals surface area contributed by atoms with Gasteiger partial charge in [0.2, 0.25) is 11.8 Å². The zero-order valence-electron chi connectivity index (χ0n) is 7.56. The third kappa shape index (κ3) is 3.02. The second kappa shape index (κ2) is 5.18. The van der Waals surface area contributed by atoms with Crippen LogP contribution >= 0.6 is 0 Å². The van der Waals surface area contributed by atoms with Gasteiger partial charge in [0.1, 0.15) is 19.4 Å². The molecule has 1 rings (SSSR count). The molecule has 0 saturated heterocycles. The summed E-state index contributed by atoms with van der Waals surface area (Å²) in [6.45, 7) is 0.110. The van der Waals surface area contributed by atoms with Crippen molar-refractivity contribution in [3.05, 3.63) is 0 Å². The largest absolute Gasteiger partial charge is 0.395 e. The molecule has 0 aromatic carbocycles. The maximum atomic E-state index is 11.1. The number of aliphatic hydroxyl groups is 1. The molecule has 0 saturated carbocycles. The van der Waals surface area contributed by atoms with Crippen molar-refractivity contribution in [1.82, 2.24) is 15.6 Å². The second-order valence-corrected chi connectivity index (χ2v) is 2.67. The van der Waals surface area contributed by atoms with Crippen molar-refractivity contribution in [1.29, 1.82) is 0 Å². The van der Waals surface area contributed by atoms with Crippen LogP contribution in [0.15, 0.2) is 5.10 Å². The number of rotatable bonds is 4. The van der Waals surface area contributed by atoms with Crippen LogP contribution in [0.2, 0.25) is 0 Å². The Morgan fingerprint density at radius 2 is 2.57 bits per heavy atom. The molecule has 7 nitrogen and oxygen atoms in total. The standard InChI is InChI=1S/C7H12N4O3/c12-2-1-8-6(13)4-11-5-10-9-3-7(11)14/h5,9,12H,1-4H2,(H,8,13). The summed E-state index contributed by atoms with van der Waals surface area (Å²) < 4.78 is 0. The molecular formula is C7H12N4O3. The normalized spacial score (nSPS) is 15.2. The highest BCUT2D eigenvalue weighted by atomic mass is 16.3. The summed E-state index contributed by atoms with van der Waals surface area (Å²) in [5, 5.41) is 14.5. The Morgan fingerprint density at radius 1 is 1.79 bits per heavy atom. The number of nitrogens with zero attached hydrogens (tertiary/aromatic N) is 2. The molecule has 7 heteroatoms. The van der Waals surface area contributed by atoms with Crippen LogP contribution in [0.5, 0.6) is 0 Å². The van der Waals surface area contributed by atoms with Gasteiger partial charge in [0.15, 0.2) is 0 Å². The molecule has 0 fully saturated rings. The van der Waals surface area contributed by atoms with Gasteiger partial charge in [0.05, 0.1) is 6.61 Å². The number of aliphatic hydroxyl groups excluding tert-OH is 1. The molecule has 0 unspecified atom stereocenters. The fourth-order valence-corrected chi connectivity index (χ4v) is 0.925. The number of carbonyl (C=O) groups is 2. The first kappa shape index (κ1) is 10.5. The molecule has 1 heterocycles. The molecule has 0 spiro atoms. The van der Waals surface area contributed by atoms with Crippen LogP contribution < -0.4 is 10.7 Å². The molecule has 0 bridgehead atoms. The zero-order chi connectivity index (χ0) is 10.4. The van der Waals surface area contributed by atoms with Crippen LogP contribution in [0.4, 0.5) is 0 Å². The molecule has 3 N–H and O–H groups in total. The Hall–Kier alpha value is -1.63. The minimum atomic E-state index is -0.319. The number of nitrogens with one attached hydrogen (secondary N) is 2. The van der Waals surface area contributed by atoms with Gasteiger partial charge in [-0.05, 0) is 0 Å². The SMILES string of the molecule is O=C(CN1C=NNCC1=O)NCCO. The molecule has 78 valence electrons. The minimum Gasteiger partial charge on any atom is -0.395 e. The van der Waals surface area contributed by atoms with Crippen molar-refractivity contribution in [2.75, 3.05) is 26.2 Å². The van der Waals surface area contributed by atoms with E-state index in [-0.39, 0.29) is 38.1 Å². The van der Waals surface area contributed by atoms with Gasteiger partial charge in [0, 0.05) is 6.54 Å². The topological polar surface area (TPSA) is 94.0 Å². The van der Waals surface area contributed by atoms with Gasteiger partial charge in [-0.2, -0.15) is 5.10 Å². The summed E-state index contributed by atoms with van der Waals surface area (Å²) in [5.74, 6) is -0.528. The Labute approximate surface area is 80.8 Å². The summed E-state index contributed by atoms with van der Waals surface area (Å²) in [5.41, 5.74) is 2.49. The van der Waals surface area contributed by atoms with Crippen molar-refractivity contribution in [2.45, 2.75) is 0 Å². The van der Waals surface area contributed by atoms with Gasteiger partial charge >= 0.3 is 0 Å². The van der Waals surface area contributed by atoms with Gasteiger partial charge < -0.3 is 10.4 Å². The number of carbonyl (C=O) groups excluding carboxylic acids is 2. The highest BCUT2D eigenvalue weighted by Gasteiger charge is 2.17.